The molecule has 0 aromatic heterocycles. The van der Waals surface area contributed by atoms with Gasteiger partial charge in [0, 0.05) is 12.1 Å². The van der Waals surface area contributed by atoms with Crippen LogP contribution in [-0.4, -0.2) is 6.04 Å². The van der Waals surface area contributed by atoms with Crippen molar-refractivity contribution in [2.45, 2.75) is 51.6 Å². The van der Waals surface area contributed by atoms with E-state index in [4.69, 9.17) is 0 Å². The van der Waals surface area contributed by atoms with E-state index >= 15 is 0 Å². The predicted octanol–water partition coefficient (Wildman–Crippen LogP) is 3.92. The molecule has 0 bridgehead atoms. The quantitative estimate of drug-likeness (QED) is 0.806. The fourth-order valence-corrected chi connectivity index (χ4v) is 2.83. The maximum atomic E-state index is 3.74. The third-order valence-corrected chi connectivity index (χ3v) is 3.92. The predicted molar refractivity (Wildman–Crippen MR) is 69.4 cm³/mol. The average Bonchev–Trinajstić information content (AvgIpc) is 2.83. The summed E-state index contributed by atoms with van der Waals surface area (Å²) >= 11 is 0. The van der Waals surface area contributed by atoms with Crippen molar-refractivity contribution in [3.63, 3.8) is 0 Å². The Kier molecular flexibility index (Phi) is 4.00. The molecule has 0 aliphatic heterocycles. The number of hydrogen-bond acceptors (Lipinski definition) is 1. The third kappa shape index (κ3) is 2.85. The largest absolute Gasteiger partial charge is 0.307 e. The van der Waals surface area contributed by atoms with E-state index in [2.05, 4.69) is 49.5 Å². The highest BCUT2D eigenvalue weighted by molar-refractivity contribution is 5.18. The van der Waals surface area contributed by atoms with Gasteiger partial charge in [-0.25, -0.2) is 0 Å². The van der Waals surface area contributed by atoms with Gasteiger partial charge in [0.15, 0.2) is 0 Å². The van der Waals surface area contributed by atoms with E-state index in [1.165, 1.54) is 31.2 Å². The fraction of sp³-hybridized carbons (Fsp3) is 0.600. The van der Waals surface area contributed by atoms with Gasteiger partial charge in [-0.05, 0) is 38.2 Å². The van der Waals surface area contributed by atoms with Gasteiger partial charge in [-0.2, -0.15) is 0 Å². The molecule has 1 aromatic rings. The smallest absolute Gasteiger partial charge is 0.0294 e. The van der Waals surface area contributed by atoms with Crippen LogP contribution in [0.1, 0.15) is 51.1 Å². The van der Waals surface area contributed by atoms with Gasteiger partial charge >= 0.3 is 0 Å². The van der Waals surface area contributed by atoms with Crippen LogP contribution in [0.3, 0.4) is 0 Å². The van der Waals surface area contributed by atoms with E-state index in [-0.39, 0.29) is 0 Å². The number of hydrogen-bond donors (Lipinski definition) is 1. The van der Waals surface area contributed by atoms with Crippen LogP contribution in [0.25, 0.3) is 0 Å². The summed E-state index contributed by atoms with van der Waals surface area (Å²) in [6, 6.07) is 11.9. The van der Waals surface area contributed by atoms with Crippen molar-refractivity contribution in [1.29, 1.82) is 0 Å². The zero-order chi connectivity index (χ0) is 11.4. The van der Waals surface area contributed by atoms with Crippen molar-refractivity contribution in [1.82, 2.24) is 5.32 Å². The lowest BCUT2D eigenvalue weighted by atomic mass is 9.98. The van der Waals surface area contributed by atoms with E-state index < -0.39 is 0 Å². The number of nitrogens with one attached hydrogen (secondary N) is 1. The van der Waals surface area contributed by atoms with E-state index in [9.17, 15) is 0 Å². The normalized spacial score (nSPS) is 20.9. The van der Waals surface area contributed by atoms with Crippen molar-refractivity contribution in [3.05, 3.63) is 35.9 Å². The summed E-state index contributed by atoms with van der Waals surface area (Å²) in [7, 11) is 0. The second-order valence-electron chi connectivity index (χ2n) is 5.13. The summed E-state index contributed by atoms with van der Waals surface area (Å²) in [4.78, 5) is 0. The van der Waals surface area contributed by atoms with E-state index in [0.29, 0.717) is 12.1 Å². The Labute approximate surface area is 99.3 Å². The van der Waals surface area contributed by atoms with Gasteiger partial charge in [0.05, 0.1) is 0 Å². The van der Waals surface area contributed by atoms with Crippen molar-refractivity contribution >= 4 is 0 Å². The van der Waals surface area contributed by atoms with E-state index in [1.54, 1.807) is 0 Å². The maximum absolute atomic E-state index is 3.74. The molecular weight excluding hydrogens is 194 g/mol. The molecule has 1 nitrogen and oxygen atoms in total. The summed E-state index contributed by atoms with van der Waals surface area (Å²) in [6.07, 6.45) is 5.68. The molecule has 0 radical (unpaired) electrons. The molecule has 16 heavy (non-hydrogen) atoms. The summed E-state index contributed by atoms with van der Waals surface area (Å²) in [6.45, 7) is 4.61. The first kappa shape index (κ1) is 11.7. The topological polar surface area (TPSA) is 12.0 Å². The average molecular weight is 217 g/mol. The van der Waals surface area contributed by atoms with Crippen molar-refractivity contribution < 1.29 is 0 Å². The SMILES string of the molecule is CC(NC(C)C1CCCC1)c1ccccc1. The monoisotopic (exact) mass is 217 g/mol. The minimum Gasteiger partial charge on any atom is -0.307 e. The molecule has 0 amide bonds. The van der Waals surface area contributed by atoms with Crippen LogP contribution in [-0.2, 0) is 0 Å². The first-order valence-electron chi connectivity index (χ1n) is 6.58. The molecule has 1 aromatic carbocycles. The minimum absolute atomic E-state index is 0.469. The molecular formula is C15H23N. The second-order valence-corrected chi connectivity index (χ2v) is 5.13. The Morgan fingerprint density at radius 3 is 2.31 bits per heavy atom. The maximum Gasteiger partial charge on any atom is 0.0294 e. The first-order chi connectivity index (χ1) is 7.77. The Balaban J connectivity index is 1.89. The third-order valence-electron chi connectivity index (χ3n) is 3.92. The lowest BCUT2D eigenvalue weighted by Gasteiger charge is -2.25. The summed E-state index contributed by atoms with van der Waals surface area (Å²) in [5, 5.41) is 3.74. The second kappa shape index (κ2) is 5.49. The highest BCUT2D eigenvalue weighted by atomic mass is 14.9. The Morgan fingerprint density at radius 2 is 1.69 bits per heavy atom. The lowest BCUT2D eigenvalue weighted by Crippen LogP contribution is -2.34. The van der Waals surface area contributed by atoms with Crippen LogP contribution in [0.4, 0.5) is 0 Å². The highest BCUT2D eigenvalue weighted by Gasteiger charge is 2.22. The molecule has 2 atom stereocenters. The van der Waals surface area contributed by atoms with Crippen LogP contribution in [0.15, 0.2) is 30.3 Å². The van der Waals surface area contributed by atoms with Gasteiger partial charge in [0.2, 0.25) is 0 Å². The van der Waals surface area contributed by atoms with Gasteiger partial charge in [-0.1, -0.05) is 43.2 Å². The summed E-state index contributed by atoms with van der Waals surface area (Å²) < 4.78 is 0. The Bertz CT molecular complexity index is 300. The molecule has 1 aliphatic carbocycles. The van der Waals surface area contributed by atoms with Gasteiger partial charge in [-0.3, -0.25) is 0 Å². The standard InChI is InChI=1S/C15H23N/c1-12(14-8-4-3-5-9-14)16-13(2)15-10-6-7-11-15/h3-5,8-9,12-13,15-16H,6-7,10-11H2,1-2H3. The van der Waals surface area contributed by atoms with Crippen molar-refractivity contribution in [2.24, 2.45) is 5.92 Å². The minimum atomic E-state index is 0.469. The summed E-state index contributed by atoms with van der Waals surface area (Å²) in [5.41, 5.74) is 1.40. The molecule has 1 N–H and O–H groups in total. The molecule has 2 unspecified atom stereocenters. The number of benzene rings is 1. The van der Waals surface area contributed by atoms with Crippen LogP contribution < -0.4 is 5.32 Å². The van der Waals surface area contributed by atoms with Gasteiger partial charge < -0.3 is 5.32 Å². The molecule has 0 spiro atoms. The zero-order valence-electron chi connectivity index (χ0n) is 10.4. The van der Waals surface area contributed by atoms with E-state index in [0.717, 1.165) is 5.92 Å². The van der Waals surface area contributed by atoms with Crippen LogP contribution in [0, 0.1) is 5.92 Å². The number of rotatable bonds is 4. The molecule has 2 rings (SSSR count). The Hall–Kier alpha value is -0.820. The molecule has 88 valence electrons. The molecule has 0 heterocycles. The lowest BCUT2D eigenvalue weighted by molar-refractivity contribution is 0.352. The van der Waals surface area contributed by atoms with Crippen LogP contribution in [0.5, 0.6) is 0 Å². The van der Waals surface area contributed by atoms with Gasteiger partial charge in [0.25, 0.3) is 0 Å². The van der Waals surface area contributed by atoms with Crippen molar-refractivity contribution in [2.75, 3.05) is 0 Å². The fourth-order valence-electron chi connectivity index (χ4n) is 2.83. The van der Waals surface area contributed by atoms with Gasteiger partial charge in [-0.15, -0.1) is 0 Å². The van der Waals surface area contributed by atoms with Crippen molar-refractivity contribution in [3.8, 4) is 0 Å². The first-order valence-corrected chi connectivity index (χ1v) is 6.58. The highest BCUT2D eigenvalue weighted by Crippen LogP contribution is 2.28. The van der Waals surface area contributed by atoms with Gasteiger partial charge in [0.1, 0.15) is 0 Å². The molecule has 1 fully saturated rings. The molecule has 1 heteroatoms. The molecule has 1 saturated carbocycles. The molecule has 0 saturated heterocycles. The summed E-state index contributed by atoms with van der Waals surface area (Å²) in [5.74, 6) is 0.895. The zero-order valence-corrected chi connectivity index (χ0v) is 10.4. The van der Waals surface area contributed by atoms with E-state index in [1.807, 2.05) is 0 Å². The van der Waals surface area contributed by atoms with Crippen LogP contribution in [0.2, 0.25) is 0 Å². The Morgan fingerprint density at radius 1 is 1.06 bits per heavy atom. The van der Waals surface area contributed by atoms with Crippen LogP contribution >= 0.6 is 0 Å². The molecule has 1 aliphatic rings.